The van der Waals surface area contributed by atoms with Gasteiger partial charge in [-0.25, -0.2) is 4.98 Å². The Bertz CT molecular complexity index is 637. The molecular weight excluding hydrogens is 286 g/mol. The molecule has 0 bridgehead atoms. The predicted molar refractivity (Wildman–Crippen MR) is 96.2 cm³/mol. The van der Waals surface area contributed by atoms with Crippen molar-refractivity contribution in [1.29, 1.82) is 0 Å². The number of carbonyl (C=O) groups is 1. The summed E-state index contributed by atoms with van der Waals surface area (Å²) < 4.78 is 0. The Kier molecular flexibility index (Phi) is 6.15. The van der Waals surface area contributed by atoms with Gasteiger partial charge in [-0.3, -0.25) is 4.79 Å². The van der Waals surface area contributed by atoms with E-state index in [1.54, 1.807) is 12.3 Å². The number of hydrogen-bond acceptors (Lipinski definition) is 3. The van der Waals surface area contributed by atoms with Gasteiger partial charge in [0.2, 0.25) is 0 Å². The number of pyridine rings is 1. The SMILES string of the molecule is CCCCN(C)c1ccc(C(=O)Nc2ccccc2CC)nc1. The summed E-state index contributed by atoms with van der Waals surface area (Å²) in [5, 5.41) is 2.95. The number of aromatic nitrogens is 1. The fraction of sp³-hybridized carbons (Fsp3) is 0.368. The summed E-state index contributed by atoms with van der Waals surface area (Å²) in [7, 11) is 2.05. The Morgan fingerprint density at radius 1 is 1.17 bits per heavy atom. The molecule has 0 spiro atoms. The van der Waals surface area contributed by atoms with E-state index in [4.69, 9.17) is 0 Å². The third kappa shape index (κ3) is 4.55. The van der Waals surface area contributed by atoms with Crippen LogP contribution in [0.4, 0.5) is 11.4 Å². The first-order valence-corrected chi connectivity index (χ1v) is 8.22. The van der Waals surface area contributed by atoms with Crippen LogP contribution in [0.25, 0.3) is 0 Å². The molecule has 122 valence electrons. The minimum absolute atomic E-state index is 0.173. The maximum atomic E-state index is 12.3. The molecule has 0 aliphatic heterocycles. The number of unbranched alkanes of at least 4 members (excludes halogenated alkanes) is 1. The fourth-order valence-corrected chi connectivity index (χ4v) is 2.41. The number of nitrogens with zero attached hydrogens (tertiary/aromatic N) is 2. The van der Waals surface area contributed by atoms with Crippen LogP contribution in [0, 0.1) is 0 Å². The Balaban J connectivity index is 2.05. The molecule has 0 saturated carbocycles. The summed E-state index contributed by atoms with van der Waals surface area (Å²) in [4.78, 5) is 18.8. The van der Waals surface area contributed by atoms with Crippen LogP contribution in [-0.4, -0.2) is 24.5 Å². The van der Waals surface area contributed by atoms with E-state index >= 15 is 0 Å². The second-order valence-corrected chi connectivity index (χ2v) is 5.64. The van der Waals surface area contributed by atoms with Gasteiger partial charge in [-0.15, -0.1) is 0 Å². The molecule has 0 atom stereocenters. The number of carbonyl (C=O) groups excluding carboxylic acids is 1. The first kappa shape index (κ1) is 17.0. The van der Waals surface area contributed by atoms with Crippen LogP contribution in [0.1, 0.15) is 42.7 Å². The molecule has 0 aliphatic rings. The number of nitrogens with one attached hydrogen (secondary N) is 1. The molecule has 1 heterocycles. The van der Waals surface area contributed by atoms with Crippen molar-refractivity contribution < 1.29 is 4.79 Å². The van der Waals surface area contributed by atoms with Gasteiger partial charge < -0.3 is 10.2 Å². The van der Waals surface area contributed by atoms with Crippen molar-refractivity contribution in [1.82, 2.24) is 4.98 Å². The number of anilines is 2. The van der Waals surface area contributed by atoms with E-state index in [-0.39, 0.29) is 5.91 Å². The Morgan fingerprint density at radius 3 is 2.61 bits per heavy atom. The molecule has 23 heavy (non-hydrogen) atoms. The second kappa shape index (κ2) is 8.32. The molecule has 1 aromatic carbocycles. The molecule has 4 heteroatoms. The minimum atomic E-state index is -0.173. The van der Waals surface area contributed by atoms with E-state index in [1.807, 2.05) is 37.4 Å². The highest BCUT2D eigenvalue weighted by molar-refractivity contribution is 6.03. The number of amides is 1. The predicted octanol–water partition coefficient (Wildman–Crippen LogP) is 4.13. The van der Waals surface area contributed by atoms with Gasteiger partial charge in [-0.05, 0) is 36.6 Å². The molecule has 2 aromatic rings. The summed E-state index contributed by atoms with van der Waals surface area (Å²) in [6.07, 6.45) is 4.95. The molecule has 0 radical (unpaired) electrons. The molecule has 1 N–H and O–H groups in total. The van der Waals surface area contributed by atoms with Gasteiger partial charge >= 0.3 is 0 Å². The standard InChI is InChI=1S/C19H25N3O/c1-4-6-13-22(3)16-11-12-18(20-14-16)19(23)21-17-10-8-7-9-15(17)5-2/h7-12,14H,4-6,13H2,1-3H3,(H,21,23). The normalized spacial score (nSPS) is 10.4. The highest BCUT2D eigenvalue weighted by atomic mass is 16.1. The molecule has 4 nitrogen and oxygen atoms in total. The quantitative estimate of drug-likeness (QED) is 0.836. The highest BCUT2D eigenvalue weighted by Crippen LogP contribution is 2.17. The number of rotatable bonds is 7. The summed E-state index contributed by atoms with van der Waals surface area (Å²) in [5.41, 5.74) is 3.44. The zero-order valence-corrected chi connectivity index (χ0v) is 14.2. The number of aryl methyl sites for hydroxylation is 1. The highest BCUT2D eigenvalue weighted by Gasteiger charge is 2.10. The third-order valence-electron chi connectivity index (χ3n) is 3.91. The van der Waals surface area contributed by atoms with E-state index in [1.165, 1.54) is 0 Å². The zero-order valence-electron chi connectivity index (χ0n) is 14.2. The van der Waals surface area contributed by atoms with Crippen molar-refractivity contribution in [2.75, 3.05) is 23.8 Å². The third-order valence-corrected chi connectivity index (χ3v) is 3.91. The van der Waals surface area contributed by atoms with Crippen LogP contribution < -0.4 is 10.2 Å². The first-order chi connectivity index (χ1) is 11.2. The van der Waals surface area contributed by atoms with Crippen molar-refractivity contribution >= 4 is 17.3 Å². The number of para-hydroxylation sites is 1. The van der Waals surface area contributed by atoms with Crippen LogP contribution in [0.2, 0.25) is 0 Å². The summed E-state index contributed by atoms with van der Waals surface area (Å²) in [5.74, 6) is -0.173. The largest absolute Gasteiger partial charge is 0.373 e. The molecule has 0 unspecified atom stereocenters. The average Bonchev–Trinajstić information content (AvgIpc) is 2.60. The summed E-state index contributed by atoms with van der Waals surface area (Å²) in [6.45, 7) is 5.24. The van der Waals surface area contributed by atoms with Gasteiger partial charge in [0.1, 0.15) is 5.69 Å². The van der Waals surface area contributed by atoms with E-state index < -0.39 is 0 Å². The van der Waals surface area contributed by atoms with E-state index in [0.717, 1.165) is 42.7 Å². The summed E-state index contributed by atoms with van der Waals surface area (Å²) >= 11 is 0. The van der Waals surface area contributed by atoms with E-state index in [0.29, 0.717) is 5.69 Å². The number of hydrogen-bond donors (Lipinski definition) is 1. The van der Waals surface area contributed by atoms with Gasteiger partial charge in [-0.2, -0.15) is 0 Å². The van der Waals surface area contributed by atoms with Crippen LogP contribution in [0.3, 0.4) is 0 Å². The van der Waals surface area contributed by atoms with Crippen LogP contribution in [-0.2, 0) is 6.42 Å². The fourth-order valence-electron chi connectivity index (χ4n) is 2.41. The van der Waals surface area contributed by atoms with Crippen molar-refractivity contribution in [3.63, 3.8) is 0 Å². The minimum Gasteiger partial charge on any atom is -0.373 e. The molecule has 1 amide bonds. The van der Waals surface area contributed by atoms with Crippen molar-refractivity contribution in [3.8, 4) is 0 Å². The molecule has 0 aliphatic carbocycles. The maximum absolute atomic E-state index is 12.3. The topological polar surface area (TPSA) is 45.2 Å². The molecule has 0 saturated heterocycles. The van der Waals surface area contributed by atoms with Crippen molar-refractivity contribution in [2.24, 2.45) is 0 Å². The molecular formula is C19H25N3O. The lowest BCUT2D eigenvalue weighted by Crippen LogP contribution is -2.19. The van der Waals surface area contributed by atoms with Crippen LogP contribution >= 0.6 is 0 Å². The monoisotopic (exact) mass is 311 g/mol. The van der Waals surface area contributed by atoms with Gasteiger partial charge in [-0.1, -0.05) is 38.5 Å². The van der Waals surface area contributed by atoms with Crippen LogP contribution in [0.5, 0.6) is 0 Å². The van der Waals surface area contributed by atoms with Crippen molar-refractivity contribution in [3.05, 3.63) is 53.9 Å². The van der Waals surface area contributed by atoms with E-state index in [2.05, 4.69) is 29.0 Å². The smallest absolute Gasteiger partial charge is 0.274 e. The van der Waals surface area contributed by atoms with E-state index in [9.17, 15) is 4.79 Å². The summed E-state index contributed by atoms with van der Waals surface area (Å²) in [6, 6.07) is 11.6. The lowest BCUT2D eigenvalue weighted by Gasteiger charge is -2.18. The molecule has 2 rings (SSSR count). The van der Waals surface area contributed by atoms with Crippen LogP contribution in [0.15, 0.2) is 42.6 Å². The lowest BCUT2D eigenvalue weighted by atomic mass is 10.1. The molecule has 1 aromatic heterocycles. The van der Waals surface area contributed by atoms with Crippen molar-refractivity contribution in [2.45, 2.75) is 33.1 Å². The maximum Gasteiger partial charge on any atom is 0.274 e. The Labute approximate surface area is 138 Å². The average molecular weight is 311 g/mol. The first-order valence-electron chi connectivity index (χ1n) is 8.22. The lowest BCUT2D eigenvalue weighted by molar-refractivity contribution is 0.102. The zero-order chi connectivity index (χ0) is 16.7. The Hall–Kier alpha value is -2.36. The van der Waals surface area contributed by atoms with Gasteiger partial charge in [0.15, 0.2) is 0 Å². The van der Waals surface area contributed by atoms with Gasteiger partial charge in [0.25, 0.3) is 5.91 Å². The second-order valence-electron chi connectivity index (χ2n) is 5.64. The van der Waals surface area contributed by atoms with Gasteiger partial charge in [0.05, 0.1) is 11.9 Å². The number of benzene rings is 1. The Morgan fingerprint density at radius 2 is 1.96 bits per heavy atom. The molecule has 0 fully saturated rings. The van der Waals surface area contributed by atoms with Gasteiger partial charge in [0, 0.05) is 19.3 Å².